The highest BCUT2D eigenvalue weighted by atomic mass is 19.4. The van der Waals surface area contributed by atoms with Gasteiger partial charge >= 0.3 is 12.3 Å². The van der Waals surface area contributed by atoms with E-state index in [1.165, 1.54) is 30.3 Å². The summed E-state index contributed by atoms with van der Waals surface area (Å²) in [6.45, 7) is 2.03. The Balaban J connectivity index is 1.43. The maximum Gasteiger partial charge on any atom is 0.573 e. The van der Waals surface area contributed by atoms with Gasteiger partial charge in [0.15, 0.2) is 0 Å². The first-order valence-electron chi connectivity index (χ1n) is 11.7. The molecule has 6 nitrogen and oxygen atoms in total. The number of halogens is 4. The quantitative estimate of drug-likeness (QED) is 0.351. The maximum absolute atomic E-state index is 14.0. The second-order valence-electron chi connectivity index (χ2n) is 8.68. The molecule has 36 heavy (non-hydrogen) atoms. The minimum Gasteiger partial charge on any atom is -0.465 e. The van der Waals surface area contributed by atoms with Gasteiger partial charge in [-0.2, -0.15) is 0 Å². The van der Waals surface area contributed by atoms with Crippen LogP contribution in [0.5, 0.6) is 5.75 Å². The van der Waals surface area contributed by atoms with Crippen LogP contribution in [0.3, 0.4) is 0 Å². The molecule has 0 fully saturated rings. The van der Waals surface area contributed by atoms with E-state index in [1.54, 1.807) is 19.1 Å². The average molecular weight is 506 g/mol. The lowest BCUT2D eigenvalue weighted by atomic mass is 9.91. The number of aryl methyl sites for hydroxylation is 1. The minimum atomic E-state index is -4.78. The number of carbonyl (C=O) groups excluding carboxylic acids is 2. The van der Waals surface area contributed by atoms with Crippen molar-refractivity contribution in [2.75, 3.05) is 6.61 Å². The summed E-state index contributed by atoms with van der Waals surface area (Å²) in [4.78, 5) is 24.8. The number of esters is 1. The van der Waals surface area contributed by atoms with Gasteiger partial charge in [0.1, 0.15) is 18.1 Å². The standard InChI is InChI=1S/C26H26F4N2O4/c1-2-35-25(34)15-32-22-9-7-17(27)13-20(22)21-14-18(8-10-23(21)32)31-24(33)11-6-16-4-3-5-19(12-16)36-26(28,29)30/h3-5,7,9,12-13,18H,2,6,8,10-11,14-15H2,1H3,(H,31,33)/t18-/m0/s1. The molecular weight excluding hydrogens is 480 g/mol. The SMILES string of the molecule is CCOC(=O)Cn1c2c(c3cc(F)ccc31)C[C@@H](NC(=O)CCc1cccc(OC(F)(F)F)c1)CC2. The number of hydrogen-bond acceptors (Lipinski definition) is 4. The van der Waals surface area contributed by atoms with Gasteiger partial charge in [-0.25, -0.2) is 4.39 Å². The summed E-state index contributed by atoms with van der Waals surface area (Å²) >= 11 is 0. The largest absolute Gasteiger partial charge is 0.573 e. The molecule has 0 saturated heterocycles. The molecule has 1 N–H and O–H groups in total. The number of nitrogens with zero attached hydrogens (tertiary/aromatic N) is 1. The third-order valence-corrected chi connectivity index (χ3v) is 6.16. The fourth-order valence-electron chi connectivity index (χ4n) is 4.72. The smallest absolute Gasteiger partial charge is 0.465 e. The van der Waals surface area contributed by atoms with Crippen LogP contribution in [0.25, 0.3) is 10.9 Å². The number of alkyl halides is 3. The number of nitrogens with one attached hydrogen (secondary N) is 1. The summed E-state index contributed by atoms with van der Waals surface area (Å²) in [5, 5.41) is 3.69. The van der Waals surface area contributed by atoms with Crippen LogP contribution in [0.4, 0.5) is 17.6 Å². The predicted molar refractivity (Wildman–Crippen MR) is 124 cm³/mol. The molecule has 0 radical (unpaired) electrons. The molecule has 1 atom stereocenters. The molecule has 0 spiro atoms. The molecule has 1 heterocycles. The van der Waals surface area contributed by atoms with E-state index in [9.17, 15) is 27.2 Å². The van der Waals surface area contributed by atoms with Crippen molar-refractivity contribution in [3.63, 3.8) is 0 Å². The molecule has 1 aliphatic carbocycles. The second kappa shape index (κ2) is 10.6. The van der Waals surface area contributed by atoms with Gasteiger partial charge in [-0.1, -0.05) is 12.1 Å². The van der Waals surface area contributed by atoms with Crippen LogP contribution in [-0.2, 0) is 40.1 Å². The van der Waals surface area contributed by atoms with Crippen LogP contribution in [0, 0.1) is 5.82 Å². The topological polar surface area (TPSA) is 69.6 Å². The van der Waals surface area contributed by atoms with Gasteiger partial charge in [-0.15, -0.1) is 13.2 Å². The first-order valence-corrected chi connectivity index (χ1v) is 11.7. The van der Waals surface area contributed by atoms with Crippen molar-refractivity contribution in [1.29, 1.82) is 0 Å². The van der Waals surface area contributed by atoms with Crippen LogP contribution < -0.4 is 10.1 Å². The molecule has 1 amide bonds. The first kappa shape index (κ1) is 25.5. The van der Waals surface area contributed by atoms with Gasteiger partial charge < -0.3 is 19.4 Å². The number of rotatable bonds is 8. The van der Waals surface area contributed by atoms with Crippen molar-refractivity contribution in [1.82, 2.24) is 9.88 Å². The normalized spacial score (nSPS) is 15.4. The third-order valence-electron chi connectivity index (χ3n) is 6.16. The summed E-state index contributed by atoms with van der Waals surface area (Å²) in [5.74, 6) is -1.32. The molecule has 2 aromatic carbocycles. The molecule has 10 heteroatoms. The van der Waals surface area contributed by atoms with Gasteiger partial charge in [0.25, 0.3) is 0 Å². The van der Waals surface area contributed by atoms with Gasteiger partial charge in [0.2, 0.25) is 5.91 Å². The zero-order valence-corrected chi connectivity index (χ0v) is 19.7. The summed E-state index contributed by atoms with van der Waals surface area (Å²) in [6.07, 6.45) is -2.73. The molecule has 4 rings (SSSR count). The van der Waals surface area contributed by atoms with E-state index in [-0.39, 0.29) is 55.5 Å². The zero-order chi connectivity index (χ0) is 25.9. The van der Waals surface area contributed by atoms with Crippen LogP contribution in [0.2, 0.25) is 0 Å². The molecular formula is C26H26F4N2O4. The van der Waals surface area contributed by atoms with E-state index in [1.807, 2.05) is 4.57 Å². The van der Waals surface area contributed by atoms with Crippen molar-refractivity contribution in [3.05, 3.63) is 65.1 Å². The van der Waals surface area contributed by atoms with E-state index in [0.717, 1.165) is 16.8 Å². The highest BCUT2D eigenvalue weighted by Gasteiger charge is 2.31. The third kappa shape index (κ3) is 6.16. The summed E-state index contributed by atoms with van der Waals surface area (Å²) < 4.78 is 62.2. The Morgan fingerprint density at radius 2 is 1.97 bits per heavy atom. The zero-order valence-electron chi connectivity index (χ0n) is 19.7. The molecule has 0 bridgehead atoms. The fraction of sp³-hybridized carbons (Fsp3) is 0.385. The minimum absolute atomic E-state index is 0.0272. The molecule has 0 saturated carbocycles. The number of carbonyl (C=O) groups is 2. The Bertz CT molecular complexity index is 1270. The van der Waals surface area contributed by atoms with Gasteiger partial charge in [0.05, 0.1) is 6.61 Å². The summed E-state index contributed by atoms with van der Waals surface area (Å²) in [5.41, 5.74) is 3.11. The second-order valence-corrected chi connectivity index (χ2v) is 8.68. The monoisotopic (exact) mass is 506 g/mol. The lowest BCUT2D eigenvalue weighted by molar-refractivity contribution is -0.274. The first-order chi connectivity index (χ1) is 17.1. The Labute approximate surface area is 205 Å². The van der Waals surface area contributed by atoms with E-state index < -0.39 is 6.36 Å². The number of hydrogen-bond donors (Lipinski definition) is 1. The Kier molecular flexibility index (Phi) is 7.51. The number of benzene rings is 2. The highest BCUT2D eigenvalue weighted by molar-refractivity contribution is 5.87. The van der Waals surface area contributed by atoms with E-state index >= 15 is 0 Å². The van der Waals surface area contributed by atoms with E-state index in [2.05, 4.69) is 10.1 Å². The molecule has 3 aromatic rings. The van der Waals surface area contributed by atoms with Gasteiger partial charge in [-0.3, -0.25) is 9.59 Å². The molecule has 0 aliphatic heterocycles. The van der Waals surface area contributed by atoms with Crippen LogP contribution in [0.1, 0.15) is 36.6 Å². The van der Waals surface area contributed by atoms with Crippen molar-refractivity contribution in [2.24, 2.45) is 0 Å². The number of fused-ring (bicyclic) bond motifs is 3. The maximum atomic E-state index is 14.0. The Hall–Kier alpha value is -3.56. The summed E-state index contributed by atoms with van der Waals surface area (Å²) in [6, 6.07) is 9.80. The van der Waals surface area contributed by atoms with Crippen molar-refractivity contribution < 1.29 is 36.6 Å². The van der Waals surface area contributed by atoms with Crippen molar-refractivity contribution >= 4 is 22.8 Å². The average Bonchev–Trinajstić information content (AvgIpc) is 3.09. The molecule has 1 aromatic heterocycles. The Morgan fingerprint density at radius 3 is 2.72 bits per heavy atom. The number of aromatic nitrogens is 1. The van der Waals surface area contributed by atoms with E-state index in [0.29, 0.717) is 30.2 Å². The van der Waals surface area contributed by atoms with Crippen LogP contribution in [0.15, 0.2) is 42.5 Å². The van der Waals surface area contributed by atoms with Gasteiger partial charge in [0, 0.05) is 29.1 Å². The fourth-order valence-corrected chi connectivity index (χ4v) is 4.72. The van der Waals surface area contributed by atoms with Crippen molar-refractivity contribution in [3.8, 4) is 5.75 Å². The lowest BCUT2D eigenvalue weighted by Gasteiger charge is -2.25. The van der Waals surface area contributed by atoms with Gasteiger partial charge in [-0.05, 0) is 74.1 Å². The molecule has 192 valence electrons. The van der Waals surface area contributed by atoms with Crippen molar-refractivity contribution in [2.45, 2.75) is 58.0 Å². The van der Waals surface area contributed by atoms with Crippen LogP contribution in [-0.4, -0.2) is 35.5 Å². The summed E-state index contributed by atoms with van der Waals surface area (Å²) in [7, 11) is 0. The number of ether oxygens (including phenoxy) is 2. The highest BCUT2D eigenvalue weighted by Crippen LogP contribution is 2.33. The van der Waals surface area contributed by atoms with E-state index in [4.69, 9.17) is 4.74 Å². The molecule has 1 aliphatic rings. The Morgan fingerprint density at radius 1 is 1.17 bits per heavy atom. The molecule has 0 unspecified atom stereocenters. The lowest BCUT2D eigenvalue weighted by Crippen LogP contribution is -2.39. The van der Waals surface area contributed by atoms with Crippen LogP contribution >= 0.6 is 0 Å². The predicted octanol–water partition coefficient (Wildman–Crippen LogP) is 4.85. The number of amides is 1.